The minimum Gasteiger partial charge on any atom is -0.444 e. The number of rotatable bonds is 5. The van der Waals surface area contributed by atoms with Gasteiger partial charge >= 0.3 is 6.09 Å². The van der Waals surface area contributed by atoms with E-state index in [4.69, 9.17) is 19.4 Å². The Morgan fingerprint density at radius 2 is 1.62 bits per heavy atom. The number of anilines is 1. The molecule has 1 aliphatic heterocycles. The van der Waals surface area contributed by atoms with Crippen molar-refractivity contribution in [1.29, 1.82) is 0 Å². The largest absolute Gasteiger partial charge is 0.444 e. The number of hydrogen-bond donors (Lipinski definition) is 1. The zero-order valence-electron chi connectivity index (χ0n) is 23.4. The molecule has 3 heterocycles. The first kappa shape index (κ1) is 26.3. The Morgan fingerprint density at radius 1 is 0.900 bits per heavy atom. The lowest BCUT2D eigenvalue weighted by Crippen LogP contribution is -2.52. The fraction of sp³-hybridized carbons (Fsp3) is 0.364. The number of aromatic nitrogens is 2. The van der Waals surface area contributed by atoms with E-state index in [1.54, 1.807) is 0 Å². The number of amides is 1. The van der Waals surface area contributed by atoms with Crippen molar-refractivity contribution in [3.8, 4) is 22.4 Å². The number of alkyl carbamates (subject to hydrolysis) is 1. The Kier molecular flexibility index (Phi) is 6.92. The van der Waals surface area contributed by atoms with Crippen LogP contribution in [0.1, 0.15) is 45.6 Å². The van der Waals surface area contributed by atoms with Crippen molar-refractivity contribution in [2.45, 2.75) is 51.2 Å². The Labute approximate surface area is 235 Å². The highest BCUT2D eigenvalue weighted by Crippen LogP contribution is 2.42. The topological polar surface area (TPSA) is 76.6 Å². The van der Waals surface area contributed by atoms with E-state index in [1.807, 2.05) is 39.0 Å². The molecule has 2 aromatic carbocycles. The standard InChI is InChI=1S/C33H36N4O3/c1-32(2,3)40-31(38)36-33(16-7-17-33)25-12-10-24(11-13-25)30-26(23-8-5-4-6-9-23)22-28-27(35-30)14-15-29(34-28)37-18-20-39-21-19-37/h4-6,8-15,22H,7,16-21H2,1-3H3,(H,36,38). The predicted octanol–water partition coefficient (Wildman–Crippen LogP) is 6.70. The number of pyridine rings is 2. The van der Waals surface area contributed by atoms with Gasteiger partial charge in [-0.05, 0) is 69.4 Å². The van der Waals surface area contributed by atoms with Crippen molar-refractivity contribution in [1.82, 2.24) is 15.3 Å². The second kappa shape index (κ2) is 10.5. The Bertz CT molecular complexity index is 1500. The van der Waals surface area contributed by atoms with Crippen LogP contribution in [0.3, 0.4) is 0 Å². The van der Waals surface area contributed by atoms with Crippen molar-refractivity contribution in [2.75, 3.05) is 31.2 Å². The van der Waals surface area contributed by atoms with Gasteiger partial charge in [-0.25, -0.2) is 14.8 Å². The lowest BCUT2D eigenvalue weighted by Gasteiger charge is -2.43. The van der Waals surface area contributed by atoms with E-state index in [-0.39, 0.29) is 11.6 Å². The molecule has 4 aromatic rings. The van der Waals surface area contributed by atoms with E-state index in [0.29, 0.717) is 0 Å². The molecular formula is C33H36N4O3. The summed E-state index contributed by atoms with van der Waals surface area (Å²) in [4.78, 5) is 25.0. The maximum atomic E-state index is 12.6. The third-order valence-corrected chi connectivity index (χ3v) is 7.73. The van der Waals surface area contributed by atoms with E-state index in [0.717, 1.165) is 90.4 Å². The van der Waals surface area contributed by atoms with Gasteiger partial charge in [0.2, 0.25) is 0 Å². The quantitative estimate of drug-likeness (QED) is 0.306. The van der Waals surface area contributed by atoms with Gasteiger partial charge in [0.1, 0.15) is 11.4 Å². The van der Waals surface area contributed by atoms with Gasteiger partial charge in [-0.1, -0.05) is 54.6 Å². The summed E-state index contributed by atoms with van der Waals surface area (Å²) in [6, 6.07) is 25.1. The van der Waals surface area contributed by atoms with E-state index in [9.17, 15) is 4.79 Å². The molecule has 40 heavy (non-hydrogen) atoms. The Hall–Kier alpha value is -3.97. The van der Waals surface area contributed by atoms with Gasteiger partial charge in [-0.15, -0.1) is 0 Å². The maximum Gasteiger partial charge on any atom is 0.408 e. The van der Waals surface area contributed by atoms with Gasteiger partial charge in [0.05, 0.1) is 35.5 Å². The lowest BCUT2D eigenvalue weighted by molar-refractivity contribution is 0.0377. The van der Waals surface area contributed by atoms with Crippen LogP contribution in [-0.4, -0.2) is 48.0 Å². The zero-order chi connectivity index (χ0) is 27.7. The van der Waals surface area contributed by atoms with Crippen LogP contribution < -0.4 is 10.2 Å². The number of hydrogen-bond acceptors (Lipinski definition) is 6. The summed E-state index contributed by atoms with van der Waals surface area (Å²) >= 11 is 0. The Balaban J connectivity index is 1.36. The first-order valence-corrected chi connectivity index (χ1v) is 14.1. The first-order valence-electron chi connectivity index (χ1n) is 14.1. The van der Waals surface area contributed by atoms with Crippen LogP contribution >= 0.6 is 0 Å². The molecule has 1 aliphatic carbocycles. The highest BCUT2D eigenvalue weighted by molar-refractivity contribution is 5.90. The molecule has 2 aromatic heterocycles. The third kappa shape index (κ3) is 5.39. The fourth-order valence-electron chi connectivity index (χ4n) is 5.53. The number of benzene rings is 2. The molecule has 0 unspecified atom stereocenters. The molecule has 7 nitrogen and oxygen atoms in total. The monoisotopic (exact) mass is 536 g/mol. The molecule has 0 spiro atoms. The lowest BCUT2D eigenvalue weighted by atomic mass is 9.71. The normalized spacial score (nSPS) is 16.8. The summed E-state index contributed by atoms with van der Waals surface area (Å²) < 4.78 is 11.1. The van der Waals surface area contributed by atoms with Crippen LogP contribution in [0.15, 0.2) is 72.8 Å². The first-order chi connectivity index (χ1) is 19.3. The average Bonchev–Trinajstić information content (AvgIpc) is 2.94. The van der Waals surface area contributed by atoms with Gasteiger partial charge in [-0.3, -0.25) is 0 Å². The molecule has 6 rings (SSSR count). The molecule has 206 valence electrons. The molecule has 7 heteroatoms. The average molecular weight is 537 g/mol. The minimum absolute atomic E-state index is 0.372. The third-order valence-electron chi connectivity index (χ3n) is 7.73. The van der Waals surface area contributed by atoms with Crippen LogP contribution in [0.2, 0.25) is 0 Å². The number of fused-ring (bicyclic) bond motifs is 1. The second-order valence-corrected chi connectivity index (χ2v) is 11.7. The molecule has 1 saturated heterocycles. The number of ether oxygens (including phenoxy) is 2. The molecular weight excluding hydrogens is 500 g/mol. The van der Waals surface area contributed by atoms with Gasteiger partial charge in [0.15, 0.2) is 0 Å². The highest BCUT2D eigenvalue weighted by Gasteiger charge is 2.41. The molecule has 1 N–H and O–H groups in total. The van der Waals surface area contributed by atoms with Crippen molar-refractivity contribution in [3.63, 3.8) is 0 Å². The molecule has 2 fully saturated rings. The molecule has 0 bridgehead atoms. The minimum atomic E-state index is -0.535. The van der Waals surface area contributed by atoms with E-state index in [1.165, 1.54) is 0 Å². The Morgan fingerprint density at radius 3 is 2.27 bits per heavy atom. The molecule has 1 amide bonds. The summed E-state index contributed by atoms with van der Waals surface area (Å²) in [5.41, 5.74) is 5.96. The van der Waals surface area contributed by atoms with Crippen LogP contribution in [0.5, 0.6) is 0 Å². The summed E-state index contributed by atoms with van der Waals surface area (Å²) in [7, 11) is 0. The number of carbonyl (C=O) groups is 1. The second-order valence-electron chi connectivity index (χ2n) is 11.7. The summed E-state index contributed by atoms with van der Waals surface area (Å²) in [5.74, 6) is 0.956. The molecule has 1 saturated carbocycles. The van der Waals surface area contributed by atoms with Crippen molar-refractivity contribution < 1.29 is 14.3 Å². The van der Waals surface area contributed by atoms with Crippen LogP contribution in [-0.2, 0) is 15.0 Å². The van der Waals surface area contributed by atoms with Crippen LogP contribution in [0.4, 0.5) is 10.6 Å². The zero-order valence-corrected chi connectivity index (χ0v) is 23.4. The van der Waals surface area contributed by atoms with E-state index in [2.05, 4.69) is 64.8 Å². The van der Waals surface area contributed by atoms with Gasteiger partial charge in [0, 0.05) is 24.2 Å². The number of nitrogens with one attached hydrogen (secondary N) is 1. The van der Waals surface area contributed by atoms with E-state index < -0.39 is 5.60 Å². The SMILES string of the molecule is CC(C)(C)OC(=O)NC1(c2ccc(-c3nc4ccc(N5CCOCC5)nc4cc3-c3ccccc3)cc2)CCC1. The summed E-state index contributed by atoms with van der Waals surface area (Å²) in [6.45, 7) is 8.77. The molecule has 0 radical (unpaired) electrons. The van der Waals surface area contributed by atoms with Crippen LogP contribution in [0, 0.1) is 0 Å². The summed E-state index contributed by atoms with van der Waals surface area (Å²) in [5, 5.41) is 3.16. The predicted molar refractivity (Wildman–Crippen MR) is 158 cm³/mol. The number of carbonyl (C=O) groups excluding carboxylic acids is 1. The fourth-order valence-corrected chi connectivity index (χ4v) is 5.53. The van der Waals surface area contributed by atoms with Crippen molar-refractivity contribution in [3.05, 3.63) is 78.4 Å². The van der Waals surface area contributed by atoms with Crippen LogP contribution in [0.25, 0.3) is 33.4 Å². The maximum absolute atomic E-state index is 12.6. The van der Waals surface area contributed by atoms with Gasteiger partial charge in [-0.2, -0.15) is 0 Å². The van der Waals surface area contributed by atoms with E-state index >= 15 is 0 Å². The van der Waals surface area contributed by atoms with Gasteiger partial charge < -0.3 is 19.7 Å². The molecule has 0 atom stereocenters. The highest BCUT2D eigenvalue weighted by atomic mass is 16.6. The number of morpholine rings is 1. The smallest absolute Gasteiger partial charge is 0.408 e. The number of nitrogens with zero attached hydrogens (tertiary/aromatic N) is 3. The van der Waals surface area contributed by atoms with Gasteiger partial charge in [0.25, 0.3) is 0 Å². The van der Waals surface area contributed by atoms with Crippen molar-refractivity contribution in [2.24, 2.45) is 0 Å². The van der Waals surface area contributed by atoms with Crippen molar-refractivity contribution >= 4 is 22.9 Å². The molecule has 2 aliphatic rings. The summed E-state index contributed by atoms with van der Waals surface area (Å²) in [6.07, 6.45) is 2.49.